The summed E-state index contributed by atoms with van der Waals surface area (Å²) in [6.45, 7) is 1.15. The molecule has 1 saturated carbocycles. The Hall–Kier alpha value is -1.26. The standard InChI is InChI=1S/C14H24N2O3/c1-15(12-5-3-2-4-6-12)14(19)16-9-7-11(8-10-16)13(17)18/h11-12H,2-10H2,1H3,(H,17,18). The van der Waals surface area contributed by atoms with E-state index in [0.29, 0.717) is 32.0 Å². The van der Waals surface area contributed by atoms with Crippen LogP contribution in [0.1, 0.15) is 44.9 Å². The van der Waals surface area contributed by atoms with Crippen molar-refractivity contribution in [1.82, 2.24) is 9.80 Å². The van der Waals surface area contributed by atoms with Gasteiger partial charge in [0.1, 0.15) is 0 Å². The minimum Gasteiger partial charge on any atom is -0.481 e. The summed E-state index contributed by atoms with van der Waals surface area (Å²) in [6.07, 6.45) is 7.08. The molecule has 1 heterocycles. The molecule has 1 aliphatic heterocycles. The minimum absolute atomic E-state index is 0.0794. The van der Waals surface area contributed by atoms with Gasteiger partial charge in [0.25, 0.3) is 0 Å². The number of carboxylic acids is 1. The third kappa shape index (κ3) is 3.39. The van der Waals surface area contributed by atoms with Gasteiger partial charge in [-0.2, -0.15) is 0 Å². The number of piperidine rings is 1. The lowest BCUT2D eigenvalue weighted by Crippen LogP contribution is -2.49. The monoisotopic (exact) mass is 268 g/mol. The van der Waals surface area contributed by atoms with E-state index in [1.807, 2.05) is 16.8 Å². The summed E-state index contributed by atoms with van der Waals surface area (Å²) in [7, 11) is 1.89. The van der Waals surface area contributed by atoms with Crippen LogP contribution in [0.15, 0.2) is 0 Å². The molecule has 0 bridgehead atoms. The molecule has 0 aromatic heterocycles. The Bertz CT molecular complexity index is 332. The summed E-state index contributed by atoms with van der Waals surface area (Å²) >= 11 is 0. The van der Waals surface area contributed by atoms with Gasteiger partial charge in [-0.05, 0) is 25.7 Å². The van der Waals surface area contributed by atoms with E-state index >= 15 is 0 Å². The van der Waals surface area contributed by atoms with E-state index in [9.17, 15) is 9.59 Å². The first-order valence-electron chi connectivity index (χ1n) is 7.34. The van der Waals surface area contributed by atoms with Crippen LogP contribution in [0.4, 0.5) is 4.79 Å². The Balaban J connectivity index is 1.84. The number of amides is 2. The molecule has 19 heavy (non-hydrogen) atoms. The first-order valence-corrected chi connectivity index (χ1v) is 7.34. The van der Waals surface area contributed by atoms with Crippen molar-refractivity contribution in [2.45, 2.75) is 51.0 Å². The maximum Gasteiger partial charge on any atom is 0.319 e. The average Bonchev–Trinajstić information content (AvgIpc) is 2.46. The predicted molar refractivity (Wildman–Crippen MR) is 72.0 cm³/mol. The van der Waals surface area contributed by atoms with Crippen LogP contribution in [0.5, 0.6) is 0 Å². The van der Waals surface area contributed by atoms with Crippen LogP contribution in [0.25, 0.3) is 0 Å². The van der Waals surface area contributed by atoms with Crippen LogP contribution in [-0.2, 0) is 4.79 Å². The lowest BCUT2D eigenvalue weighted by atomic mass is 9.94. The van der Waals surface area contributed by atoms with Crippen molar-refractivity contribution in [2.24, 2.45) is 5.92 Å². The molecule has 0 atom stereocenters. The molecule has 2 amide bonds. The summed E-state index contributed by atoms with van der Waals surface area (Å²) in [5.74, 6) is -1.00. The SMILES string of the molecule is CN(C(=O)N1CCC(C(=O)O)CC1)C1CCCCC1. The maximum atomic E-state index is 12.4. The molecule has 0 aromatic rings. The normalized spacial score (nSPS) is 22.3. The highest BCUT2D eigenvalue weighted by atomic mass is 16.4. The second-order valence-electron chi connectivity index (χ2n) is 5.78. The minimum atomic E-state index is -0.729. The van der Waals surface area contributed by atoms with Gasteiger partial charge in [-0.1, -0.05) is 19.3 Å². The molecular weight excluding hydrogens is 244 g/mol. The average molecular weight is 268 g/mol. The van der Waals surface area contributed by atoms with Gasteiger partial charge in [-0.15, -0.1) is 0 Å². The van der Waals surface area contributed by atoms with E-state index in [1.165, 1.54) is 19.3 Å². The smallest absolute Gasteiger partial charge is 0.319 e. The number of rotatable bonds is 2. The molecule has 0 aromatic carbocycles. The predicted octanol–water partition coefficient (Wildman–Crippen LogP) is 2.17. The molecule has 2 rings (SSSR count). The molecule has 108 valence electrons. The molecule has 1 N–H and O–H groups in total. The zero-order valence-corrected chi connectivity index (χ0v) is 11.7. The second kappa shape index (κ2) is 6.26. The summed E-state index contributed by atoms with van der Waals surface area (Å²) in [5, 5.41) is 8.96. The number of hydrogen-bond donors (Lipinski definition) is 1. The zero-order chi connectivity index (χ0) is 13.8. The van der Waals surface area contributed by atoms with E-state index < -0.39 is 5.97 Å². The van der Waals surface area contributed by atoms with Gasteiger partial charge in [0.05, 0.1) is 5.92 Å². The molecule has 2 aliphatic rings. The number of carboxylic acid groups (broad SMARTS) is 1. The van der Waals surface area contributed by atoms with Crippen LogP contribution in [0.3, 0.4) is 0 Å². The first kappa shape index (κ1) is 14.2. The number of urea groups is 1. The van der Waals surface area contributed by atoms with E-state index in [1.54, 1.807) is 0 Å². The number of likely N-dealkylation sites (tertiary alicyclic amines) is 1. The second-order valence-corrected chi connectivity index (χ2v) is 5.78. The van der Waals surface area contributed by atoms with Crippen molar-refractivity contribution in [2.75, 3.05) is 20.1 Å². The highest BCUT2D eigenvalue weighted by molar-refractivity contribution is 5.75. The number of hydrogen-bond acceptors (Lipinski definition) is 2. The number of carbonyl (C=O) groups is 2. The van der Waals surface area contributed by atoms with E-state index in [4.69, 9.17) is 5.11 Å². The van der Waals surface area contributed by atoms with E-state index in [2.05, 4.69) is 0 Å². The van der Waals surface area contributed by atoms with Crippen molar-refractivity contribution in [3.63, 3.8) is 0 Å². The molecule has 5 nitrogen and oxygen atoms in total. The fraction of sp³-hybridized carbons (Fsp3) is 0.857. The fourth-order valence-corrected chi connectivity index (χ4v) is 3.17. The summed E-state index contributed by atoms with van der Waals surface area (Å²) in [4.78, 5) is 27.0. The van der Waals surface area contributed by atoms with Crippen LogP contribution in [-0.4, -0.2) is 53.1 Å². The van der Waals surface area contributed by atoms with Crippen LogP contribution >= 0.6 is 0 Å². The lowest BCUT2D eigenvalue weighted by molar-refractivity contribution is -0.143. The highest BCUT2D eigenvalue weighted by Gasteiger charge is 2.30. The Morgan fingerprint density at radius 1 is 1.05 bits per heavy atom. The highest BCUT2D eigenvalue weighted by Crippen LogP contribution is 2.24. The molecule has 0 spiro atoms. The van der Waals surface area contributed by atoms with Gasteiger partial charge >= 0.3 is 12.0 Å². The van der Waals surface area contributed by atoms with Crippen LogP contribution in [0, 0.1) is 5.92 Å². The quantitative estimate of drug-likeness (QED) is 0.835. The van der Waals surface area contributed by atoms with Crippen molar-refractivity contribution in [3.05, 3.63) is 0 Å². The van der Waals surface area contributed by atoms with Gasteiger partial charge in [0.15, 0.2) is 0 Å². The van der Waals surface area contributed by atoms with E-state index in [0.717, 1.165) is 12.8 Å². The number of aliphatic carboxylic acids is 1. The van der Waals surface area contributed by atoms with Gasteiger partial charge in [-0.25, -0.2) is 4.79 Å². The summed E-state index contributed by atoms with van der Waals surface area (Å²) in [5.41, 5.74) is 0. The summed E-state index contributed by atoms with van der Waals surface area (Å²) < 4.78 is 0. The molecule has 0 unspecified atom stereocenters. The third-order valence-electron chi connectivity index (χ3n) is 4.54. The Kier molecular flexibility index (Phi) is 4.66. The topological polar surface area (TPSA) is 60.9 Å². The van der Waals surface area contributed by atoms with E-state index in [-0.39, 0.29) is 11.9 Å². The molecular formula is C14H24N2O3. The zero-order valence-electron chi connectivity index (χ0n) is 11.7. The fourth-order valence-electron chi connectivity index (χ4n) is 3.17. The number of carbonyl (C=O) groups excluding carboxylic acids is 1. The Morgan fingerprint density at radius 3 is 2.16 bits per heavy atom. The Labute approximate surface area is 114 Å². The van der Waals surface area contributed by atoms with Gasteiger partial charge in [0, 0.05) is 26.2 Å². The molecule has 0 radical (unpaired) electrons. The lowest BCUT2D eigenvalue weighted by Gasteiger charge is -2.37. The maximum absolute atomic E-state index is 12.4. The largest absolute Gasteiger partial charge is 0.481 e. The van der Waals surface area contributed by atoms with Gasteiger partial charge in [0.2, 0.25) is 0 Å². The van der Waals surface area contributed by atoms with Crippen molar-refractivity contribution in [1.29, 1.82) is 0 Å². The van der Waals surface area contributed by atoms with Crippen molar-refractivity contribution in [3.8, 4) is 0 Å². The van der Waals surface area contributed by atoms with Crippen LogP contribution in [0.2, 0.25) is 0 Å². The number of nitrogens with zero attached hydrogens (tertiary/aromatic N) is 2. The molecule has 2 fully saturated rings. The third-order valence-corrected chi connectivity index (χ3v) is 4.54. The van der Waals surface area contributed by atoms with Crippen molar-refractivity contribution >= 4 is 12.0 Å². The summed E-state index contributed by atoms with van der Waals surface area (Å²) in [6, 6.07) is 0.453. The Morgan fingerprint density at radius 2 is 1.63 bits per heavy atom. The first-order chi connectivity index (χ1) is 9.09. The molecule has 1 aliphatic carbocycles. The van der Waals surface area contributed by atoms with Crippen molar-refractivity contribution < 1.29 is 14.7 Å². The van der Waals surface area contributed by atoms with Gasteiger partial charge < -0.3 is 14.9 Å². The molecule has 5 heteroatoms. The molecule has 1 saturated heterocycles. The van der Waals surface area contributed by atoms with Crippen LogP contribution < -0.4 is 0 Å². The van der Waals surface area contributed by atoms with Gasteiger partial charge in [-0.3, -0.25) is 4.79 Å².